The Morgan fingerprint density at radius 3 is 2.43 bits per heavy atom. The van der Waals surface area contributed by atoms with Gasteiger partial charge in [-0.15, -0.1) is 0 Å². The summed E-state index contributed by atoms with van der Waals surface area (Å²) in [5.74, 6) is 0.331. The molecule has 0 radical (unpaired) electrons. The highest BCUT2D eigenvalue weighted by molar-refractivity contribution is 7.90. The summed E-state index contributed by atoms with van der Waals surface area (Å²) in [5.41, 5.74) is 2.48. The highest BCUT2D eigenvalue weighted by Crippen LogP contribution is 2.33. The summed E-state index contributed by atoms with van der Waals surface area (Å²) >= 11 is 0. The van der Waals surface area contributed by atoms with Gasteiger partial charge < -0.3 is 14.8 Å². The van der Waals surface area contributed by atoms with E-state index in [9.17, 15) is 17.9 Å². The number of aryl methyl sites for hydroxylation is 2. The summed E-state index contributed by atoms with van der Waals surface area (Å²) < 4.78 is 43.5. The van der Waals surface area contributed by atoms with Crippen molar-refractivity contribution >= 4 is 26.5 Å². The molecular weight excluding hydrogens is 407 g/mol. The van der Waals surface area contributed by atoms with Crippen molar-refractivity contribution in [2.75, 3.05) is 11.6 Å². The molecule has 2 atom stereocenters. The Bertz CT molecular complexity index is 1170. The van der Waals surface area contributed by atoms with Crippen LogP contribution in [0, 0.1) is 25.6 Å². The van der Waals surface area contributed by atoms with E-state index in [1.54, 1.807) is 25.1 Å². The average molecular weight is 435 g/mol. The fourth-order valence-electron chi connectivity index (χ4n) is 3.54. The van der Waals surface area contributed by atoms with Crippen molar-refractivity contribution in [3.8, 4) is 0 Å². The highest BCUT2D eigenvalue weighted by Gasteiger charge is 2.26. The molecule has 1 heterocycles. The van der Waals surface area contributed by atoms with Gasteiger partial charge in [-0.1, -0.05) is 19.9 Å². The molecule has 6 nitrogen and oxygen atoms in total. The number of nitrogens with one attached hydrogen (secondary N) is 2. The van der Waals surface area contributed by atoms with Crippen LogP contribution in [-0.4, -0.2) is 26.1 Å². The fourth-order valence-corrected chi connectivity index (χ4v) is 4.53. The summed E-state index contributed by atoms with van der Waals surface area (Å²) in [5, 5.41) is 17.2. The van der Waals surface area contributed by atoms with Crippen LogP contribution in [0.15, 0.2) is 45.7 Å². The number of halogens is 1. The molecule has 1 aromatic heterocycles. The third kappa shape index (κ3) is 4.66. The molecule has 3 N–H and O–H groups in total. The minimum atomic E-state index is -3.38. The molecule has 0 saturated carbocycles. The molecular formula is C22H27FN2O4S. The van der Waals surface area contributed by atoms with Crippen LogP contribution in [0.4, 0.5) is 10.1 Å². The van der Waals surface area contributed by atoms with E-state index in [1.165, 1.54) is 18.2 Å². The molecule has 0 bridgehead atoms. The van der Waals surface area contributed by atoms with E-state index >= 15 is 0 Å². The van der Waals surface area contributed by atoms with Gasteiger partial charge in [0, 0.05) is 22.9 Å². The van der Waals surface area contributed by atoms with Gasteiger partial charge in [0.15, 0.2) is 16.2 Å². The second kappa shape index (κ2) is 8.37. The maximum atomic E-state index is 13.6. The maximum Gasteiger partial charge on any atom is 0.182 e. The minimum Gasteiger partial charge on any atom is -0.459 e. The number of rotatable bonds is 7. The van der Waals surface area contributed by atoms with Crippen LogP contribution in [0.3, 0.4) is 0 Å². The Kier molecular flexibility index (Phi) is 6.21. The SMILES string of the molecule is Cc1ccc(NC(O)N[C@H](c2oc3ccc(F)cc3c2C)C(C)C)cc1S(C)(=O)=O. The third-order valence-electron chi connectivity index (χ3n) is 5.11. The van der Waals surface area contributed by atoms with Gasteiger partial charge in [0.25, 0.3) is 0 Å². The molecule has 0 amide bonds. The molecule has 3 aromatic rings. The fraction of sp³-hybridized carbons (Fsp3) is 0.364. The number of hydrogen-bond donors (Lipinski definition) is 3. The first-order valence-corrected chi connectivity index (χ1v) is 11.6. The van der Waals surface area contributed by atoms with E-state index in [2.05, 4.69) is 10.6 Å². The second-order valence-corrected chi connectivity index (χ2v) is 9.90. The monoisotopic (exact) mass is 434 g/mol. The molecule has 8 heteroatoms. The van der Waals surface area contributed by atoms with Gasteiger partial charge in [0.1, 0.15) is 17.2 Å². The van der Waals surface area contributed by atoms with Crippen LogP contribution >= 0.6 is 0 Å². The number of sulfone groups is 1. The van der Waals surface area contributed by atoms with Gasteiger partial charge >= 0.3 is 0 Å². The van der Waals surface area contributed by atoms with Crippen LogP contribution < -0.4 is 10.6 Å². The van der Waals surface area contributed by atoms with Crippen molar-refractivity contribution in [1.29, 1.82) is 0 Å². The van der Waals surface area contributed by atoms with Crippen molar-refractivity contribution in [2.24, 2.45) is 5.92 Å². The summed E-state index contributed by atoms with van der Waals surface area (Å²) in [7, 11) is -3.38. The molecule has 0 aliphatic rings. The molecule has 0 fully saturated rings. The Morgan fingerprint density at radius 2 is 1.80 bits per heavy atom. The van der Waals surface area contributed by atoms with Crippen molar-refractivity contribution in [1.82, 2.24) is 5.32 Å². The van der Waals surface area contributed by atoms with Crippen molar-refractivity contribution in [3.63, 3.8) is 0 Å². The molecule has 30 heavy (non-hydrogen) atoms. The van der Waals surface area contributed by atoms with Crippen LogP contribution in [0.1, 0.15) is 36.8 Å². The largest absolute Gasteiger partial charge is 0.459 e. The number of aliphatic hydroxyl groups excluding tert-OH is 1. The van der Waals surface area contributed by atoms with E-state index in [0.29, 0.717) is 28.0 Å². The molecule has 0 aliphatic heterocycles. The minimum absolute atomic E-state index is 0.0511. The Morgan fingerprint density at radius 1 is 1.10 bits per heavy atom. The number of anilines is 1. The Balaban J connectivity index is 1.85. The van der Waals surface area contributed by atoms with Crippen molar-refractivity contribution < 1.29 is 22.3 Å². The number of benzene rings is 2. The Labute approximate surface area is 176 Å². The zero-order valence-electron chi connectivity index (χ0n) is 17.7. The van der Waals surface area contributed by atoms with Gasteiger partial charge in [0.05, 0.1) is 10.9 Å². The highest BCUT2D eigenvalue weighted by atomic mass is 32.2. The number of furan rings is 1. The third-order valence-corrected chi connectivity index (χ3v) is 6.35. The lowest BCUT2D eigenvalue weighted by molar-refractivity contribution is 0.131. The van der Waals surface area contributed by atoms with Gasteiger partial charge in [-0.2, -0.15) is 0 Å². The average Bonchev–Trinajstić information content (AvgIpc) is 2.96. The predicted octanol–water partition coefficient (Wildman–Crippen LogP) is 4.27. The topological polar surface area (TPSA) is 91.6 Å². The zero-order valence-corrected chi connectivity index (χ0v) is 18.5. The quantitative estimate of drug-likeness (QED) is 0.481. The molecule has 162 valence electrons. The first-order chi connectivity index (χ1) is 14.0. The number of fused-ring (bicyclic) bond motifs is 1. The van der Waals surface area contributed by atoms with Crippen LogP contribution in [0.2, 0.25) is 0 Å². The first-order valence-electron chi connectivity index (χ1n) is 9.67. The standard InChI is InChI=1S/C22H27FN2O4S/c1-12(2)20(21-14(4)17-10-15(23)7-9-18(17)29-21)25-22(26)24-16-8-6-13(3)19(11-16)30(5,27)28/h6-12,20,22,24-26H,1-5H3/t20-,22?/m0/s1. The Hall–Kier alpha value is -2.42. The van der Waals surface area contributed by atoms with Crippen LogP contribution in [-0.2, 0) is 9.84 Å². The van der Waals surface area contributed by atoms with Gasteiger partial charge in [-0.05, 0) is 55.7 Å². The van der Waals surface area contributed by atoms with Crippen LogP contribution in [0.5, 0.6) is 0 Å². The summed E-state index contributed by atoms with van der Waals surface area (Å²) in [6, 6.07) is 8.89. The smallest absolute Gasteiger partial charge is 0.182 e. The first kappa shape index (κ1) is 22.3. The second-order valence-electron chi connectivity index (χ2n) is 7.92. The van der Waals surface area contributed by atoms with Crippen molar-refractivity contribution in [3.05, 3.63) is 59.1 Å². The zero-order chi connectivity index (χ0) is 22.2. The van der Waals surface area contributed by atoms with Crippen LogP contribution in [0.25, 0.3) is 11.0 Å². The predicted molar refractivity (Wildman–Crippen MR) is 116 cm³/mol. The van der Waals surface area contributed by atoms with E-state index < -0.39 is 16.2 Å². The molecule has 1 unspecified atom stereocenters. The number of aliphatic hydroxyl groups is 1. The van der Waals surface area contributed by atoms with E-state index in [1.807, 2.05) is 20.8 Å². The van der Waals surface area contributed by atoms with E-state index in [4.69, 9.17) is 4.42 Å². The molecule has 0 spiro atoms. The van der Waals surface area contributed by atoms with E-state index in [0.717, 1.165) is 11.8 Å². The lowest BCUT2D eigenvalue weighted by Gasteiger charge is -2.26. The summed E-state index contributed by atoms with van der Waals surface area (Å²) in [6.45, 7) is 7.53. The van der Waals surface area contributed by atoms with Gasteiger partial charge in [0.2, 0.25) is 0 Å². The molecule has 2 aromatic carbocycles. The lowest BCUT2D eigenvalue weighted by atomic mass is 9.98. The summed E-state index contributed by atoms with van der Waals surface area (Å²) in [4.78, 5) is 0.204. The maximum absolute atomic E-state index is 13.6. The van der Waals surface area contributed by atoms with Crippen molar-refractivity contribution in [2.45, 2.75) is 45.0 Å². The van der Waals surface area contributed by atoms with Gasteiger partial charge in [-0.3, -0.25) is 5.32 Å². The molecule has 3 rings (SSSR count). The molecule has 0 saturated heterocycles. The normalized spacial score (nSPS) is 14.3. The van der Waals surface area contributed by atoms with E-state index in [-0.39, 0.29) is 22.7 Å². The lowest BCUT2D eigenvalue weighted by Crippen LogP contribution is -2.40. The molecule has 0 aliphatic carbocycles. The summed E-state index contributed by atoms with van der Waals surface area (Å²) in [6.07, 6.45) is -0.0210. The van der Waals surface area contributed by atoms with Gasteiger partial charge in [-0.25, -0.2) is 12.8 Å². The number of hydrogen-bond acceptors (Lipinski definition) is 6.